The molecular formula is C15H24N2O2S. The third-order valence-corrected chi connectivity index (χ3v) is 5.83. The number of hydrogen-bond acceptors (Lipinski definition) is 3. The minimum absolute atomic E-state index is 0.182. The summed E-state index contributed by atoms with van der Waals surface area (Å²) in [5.74, 6) is 0. The van der Waals surface area contributed by atoms with Gasteiger partial charge in [-0.1, -0.05) is 25.5 Å². The summed E-state index contributed by atoms with van der Waals surface area (Å²) < 4.78 is 26.6. The van der Waals surface area contributed by atoms with Crippen LogP contribution in [0.2, 0.25) is 0 Å². The molecule has 20 heavy (non-hydrogen) atoms. The summed E-state index contributed by atoms with van der Waals surface area (Å²) in [6.07, 6.45) is 4.16. The van der Waals surface area contributed by atoms with Gasteiger partial charge in [-0.3, -0.25) is 0 Å². The fourth-order valence-corrected chi connectivity index (χ4v) is 3.82. The largest absolute Gasteiger partial charge is 0.313 e. The van der Waals surface area contributed by atoms with Crippen LogP contribution in [-0.4, -0.2) is 32.4 Å². The highest BCUT2D eigenvalue weighted by atomic mass is 32.2. The molecule has 0 radical (unpaired) electrons. The zero-order valence-corrected chi connectivity index (χ0v) is 13.1. The Bertz CT molecular complexity index is 539. The van der Waals surface area contributed by atoms with E-state index in [1.165, 1.54) is 4.31 Å². The van der Waals surface area contributed by atoms with Crippen molar-refractivity contribution in [2.45, 2.75) is 50.1 Å². The molecule has 1 aromatic rings. The Morgan fingerprint density at radius 2 is 2.10 bits per heavy atom. The van der Waals surface area contributed by atoms with E-state index < -0.39 is 10.0 Å². The summed E-state index contributed by atoms with van der Waals surface area (Å²) >= 11 is 0. The van der Waals surface area contributed by atoms with Crippen LogP contribution in [0.15, 0.2) is 29.2 Å². The Labute approximate surface area is 122 Å². The molecule has 0 heterocycles. The average Bonchev–Trinajstić information content (AvgIpc) is 2.37. The minimum atomic E-state index is -3.35. The van der Waals surface area contributed by atoms with Crippen molar-refractivity contribution in [1.29, 1.82) is 0 Å². The molecule has 2 rings (SSSR count). The Morgan fingerprint density at radius 1 is 1.35 bits per heavy atom. The van der Waals surface area contributed by atoms with Gasteiger partial charge in [0, 0.05) is 19.6 Å². The van der Waals surface area contributed by atoms with Crippen LogP contribution in [0.1, 0.15) is 38.2 Å². The topological polar surface area (TPSA) is 49.4 Å². The Balaban J connectivity index is 2.12. The lowest BCUT2D eigenvalue weighted by atomic mass is 9.94. The van der Waals surface area contributed by atoms with Crippen molar-refractivity contribution in [3.63, 3.8) is 0 Å². The monoisotopic (exact) mass is 296 g/mol. The standard InChI is InChI=1S/C15H24N2O2S/c1-3-10-16-12-13-6-4-9-15(11-13)20(18,19)17(2)14-7-5-8-14/h4,6,9,11,14,16H,3,5,7-8,10,12H2,1-2H3. The van der Waals surface area contributed by atoms with Gasteiger partial charge in [-0.2, -0.15) is 4.31 Å². The molecular weight excluding hydrogens is 272 g/mol. The van der Waals surface area contributed by atoms with Crippen molar-refractivity contribution in [3.05, 3.63) is 29.8 Å². The minimum Gasteiger partial charge on any atom is -0.313 e. The summed E-state index contributed by atoms with van der Waals surface area (Å²) in [7, 11) is -1.65. The summed E-state index contributed by atoms with van der Waals surface area (Å²) in [4.78, 5) is 0.405. The first kappa shape index (κ1) is 15.5. The van der Waals surface area contributed by atoms with Crippen LogP contribution in [0.25, 0.3) is 0 Å². The predicted molar refractivity (Wildman–Crippen MR) is 81.0 cm³/mol. The predicted octanol–water partition coefficient (Wildman–Crippen LogP) is 2.36. The van der Waals surface area contributed by atoms with E-state index in [0.717, 1.165) is 37.8 Å². The number of nitrogens with one attached hydrogen (secondary N) is 1. The number of rotatable bonds is 7. The first-order valence-electron chi connectivity index (χ1n) is 7.33. The van der Waals surface area contributed by atoms with Gasteiger partial charge in [-0.05, 0) is 43.5 Å². The van der Waals surface area contributed by atoms with E-state index >= 15 is 0 Å². The Morgan fingerprint density at radius 3 is 2.70 bits per heavy atom. The number of sulfonamides is 1. The van der Waals surface area contributed by atoms with Crippen LogP contribution < -0.4 is 5.32 Å². The van der Waals surface area contributed by atoms with Crippen LogP contribution in [0, 0.1) is 0 Å². The van der Waals surface area contributed by atoms with Crippen LogP contribution in [0.5, 0.6) is 0 Å². The molecule has 1 fully saturated rings. The van der Waals surface area contributed by atoms with Crippen molar-refractivity contribution < 1.29 is 8.42 Å². The second kappa shape index (κ2) is 6.70. The second-order valence-corrected chi connectivity index (χ2v) is 7.43. The lowest BCUT2D eigenvalue weighted by Crippen LogP contribution is -2.41. The van der Waals surface area contributed by atoms with E-state index in [4.69, 9.17) is 0 Å². The van der Waals surface area contributed by atoms with E-state index in [1.54, 1.807) is 19.2 Å². The van der Waals surface area contributed by atoms with Crippen molar-refractivity contribution in [2.75, 3.05) is 13.6 Å². The van der Waals surface area contributed by atoms with E-state index in [-0.39, 0.29) is 6.04 Å². The fourth-order valence-electron chi connectivity index (χ4n) is 2.34. The summed E-state index contributed by atoms with van der Waals surface area (Å²) in [6, 6.07) is 7.44. The maximum Gasteiger partial charge on any atom is 0.243 e. The second-order valence-electron chi connectivity index (χ2n) is 5.43. The number of benzene rings is 1. The van der Waals surface area contributed by atoms with Gasteiger partial charge in [0.1, 0.15) is 0 Å². The quantitative estimate of drug-likeness (QED) is 0.786. The normalized spacial score (nSPS) is 16.4. The van der Waals surface area contributed by atoms with Crippen molar-refractivity contribution in [2.24, 2.45) is 0 Å². The zero-order chi connectivity index (χ0) is 14.6. The molecule has 0 atom stereocenters. The van der Waals surface area contributed by atoms with Gasteiger partial charge in [0.2, 0.25) is 10.0 Å². The van der Waals surface area contributed by atoms with E-state index in [2.05, 4.69) is 12.2 Å². The van der Waals surface area contributed by atoms with Gasteiger partial charge < -0.3 is 5.32 Å². The molecule has 1 aromatic carbocycles. The highest BCUT2D eigenvalue weighted by Crippen LogP contribution is 2.28. The van der Waals surface area contributed by atoms with Gasteiger partial charge in [-0.15, -0.1) is 0 Å². The lowest BCUT2D eigenvalue weighted by molar-refractivity contribution is 0.249. The van der Waals surface area contributed by atoms with Crippen molar-refractivity contribution >= 4 is 10.0 Å². The first-order valence-corrected chi connectivity index (χ1v) is 8.77. The third kappa shape index (κ3) is 3.40. The van der Waals surface area contributed by atoms with Crippen LogP contribution >= 0.6 is 0 Å². The molecule has 1 N–H and O–H groups in total. The summed E-state index contributed by atoms with van der Waals surface area (Å²) in [5, 5.41) is 3.30. The molecule has 0 amide bonds. The van der Waals surface area contributed by atoms with E-state index in [1.807, 2.05) is 12.1 Å². The van der Waals surface area contributed by atoms with Gasteiger partial charge in [0.25, 0.3) is 0 Å². The lowest BCUT2D eigenvalue weighted by Gasteiger charge is -2.33. The molecule has 112 valence electrons. The average molecular weight is 296 g/mol. The molecule has 4 nitrogen and oxygen atoms in total. The maximum absolute atomic E-state index is 12.6. The van der Waals surface area contributed by atoms with Gasteiger partial charge >= 0.3 is 0 Å². The number of nitrogens with zero attached hydrogens (tertiary/aromatic N) is 1. The van der Waals surface area contributed by atoms with Gasteiger partial charge in [0.05, 0.1) is 4.90 Å². The van der Waals surface area contributed by atoms with E-state index in [0.29, 0.717) is 11.4 Å². The summed E-state index contributed by atoms with van der Waals surface area (Å²) in [5.41, 5.74) is 1.02. The molecule has 0 aliphatic heterocycles. The molecule has 0 spiro atoms. The molecule has 1 aliphatic rings. The molecule has 0 bridgehead atoms. The van der Waals surface area contributed by atoms with E-state index in [9.17, 15) is 8.42 Å². The SMILES string of the molecule is CCCNCc1cccc(S(=O)(=O)N(C)C2CCC2)c1. The molecule has 0 unspecified atom stereocenters. The highest BCUT2D eigenvalue weighted by Gasteiger charge is 2.31. The third-order valence-electron chi connectivity index (χ3n) is 3.92. The molecule has 5 heteroatoms. The smallest absolute Gasteiger partial charge is 0.243 e. The maximum atomic E-state index is 12.6. The van der Waals surface area contributed by atoms with Crippen molar-refractivity contribution in [1.82, 2.24) is 9.62 Å². The molecule has 1 saturated carbocycles. The van der Waals surface area contributed by atoms with Gasteiger partial charge in [0.15, 0.2) is 0 Å². The van der Waals surface area contributed by atoms with Gasteiger partial charge in [-0.25, -0.2) is 8.42 Å². The van der Waals surface area contributed by atoms with Crippen LogP contribution in [-0.2, 0) is 16.6 Å². The first-order chi connectivity index (χ1) is 9.55. The van der Waals surface area contributed by atoms with Crippen molar-refractivity contribution in [3.8, 4) is 0 Å². The Kier molecular flexibility index (Phi) is 5.18. The zero-order valence-electron chi connectivity index (χ0n) is 12.3. The van der Waals surface area contributed by atoms with Crippen LogP contribution in [0.4, 0.5) is 0 Å². The fraction of sp³-hybridized carbons (Fsp3) is 0.600. The Hall–Kier alpha value is -0.910. The van der Waals surface area contributed by atoms with Crippen LogP contribution in [0.3, 0.4) is 0 Å². The summed E-state index contributed by atoms with van der Waals surface area (Å²) in [6.45, 7) is 3.77. The molecule has 1 aliphatic carbocycles. The molecule has 0 saturated heterocycles. The highest BCUT2D eigenvalue weighted by molar-refractivity contribution is 7.89. The molecule has 0 aromatic heterocycles. The number of hydrogen-bond donors (Lipinski definition) is 1.